The number of rotatable bonds is 0. The van der Waals surface area contributed by atoms with Crippen molar-refractivity contribution in [2.75, 3.05) is 90.7 Å². The maximum atomic E-state index is 13.4. The third-order valence-corrected chi connectivity index (χ3v) is 6.60. The van der Waals surface area contributed by atoms with E-state index in [1.165, 1.54) is 12.1 Å². The van der Waals surface area contributed by atoms with E-state index in [9.17, 15) is 26.3 Å². The van der Waals surface area contributed by atoms with Crippen molar-refractivity contribution in [3.05, 3.63) is 69.5 Å². The molecule has 1 fully saturated rings. The molecule has 0 aliphatic carbocycles. The van der Waals surface area contributed by atoms with Crippen molar-refractivity contribution in [1.82, 2.24) is 9.97 Å². The van der Waals surface area contributed by atoms with Crippen LogP contribution in [-0.2, 0) is 28.4 Å². The first-order chi connectivity index (χ1) is 23.0. The molecule has 0 atom stereocenters. The van der Waals surface area contributed by atoms with Gasteiger partial charge in [0.15, 0.2) is 34.9 Å². The molecule has 3 heterocycles. The van der Waals surface area contributed by atoms with Crippen LogP contribution in [-0.4, -0.2) is 89.3 Å². The van der Waals surface area contributed by atoms with Crippen LogP contribution < -0.4 is 11.5 Å². The van der Waals surface area contributed by atoms with Gasteiger partial charge in [0.05, 0.1) is 79.3 Å². The van der Waals surface area contributed by atoms with Gasteiger partial charge in [0, 0.05) is 10.8 Å². The number of nitrogens with zero attached hydrogens (tertiary/aromatic N) is 2. The average molecular weight is 730 g/mol. The smallest absolute Gasteiger partial charge is 0.185 e. The van der Waals surface area contributed by atoms with E-state index in [-0.39, 0.29) is 32.1 Å². The number of halogens is 8. The number of benzene rings is 2. The summed E-state index contributed by atoms with van der Waals surface area (Å²) >= 11 is 11.0. The van der Waals surface area contributed by atoms with E-state index in [1.54, 1.807) is 0 Å². The lowest BCUT2D eigenvalue weighted by molar-refractivity contribution is -0.0334. The summed E-state index contributed by atoms with van der Waals surface area (Å²) in [5.74, 6) is -7.49. The van der Waals surface area contributed by atoms with Crippen molar-refractivity contribution in [2.24, 2.45) is 0 Å². The first-order valence-electron chi connectivity index (χ1n) is 14.3. The largest absolute Gasteiger partial charge is 0.394 e. The van der Waals surface area contributed by atoms with Gasteiger partial charge in [-0.3, -0.25) is 0 Å². The highest BCUT2D eigenvalue weighted by molar-refractivity contribution is 6.30. The Morgan fingerprint density at radius 2 is 0.667 bits per heavy atom. The van der Waals surface area contributed by atoms with Gasteiger partial charge in [0.2, 0.25) is 0 Å². The van der Waals surface area contributed by atoms with Crippen LogP contribution in [0.4, 0.5) is 37.7 Å². The van der Waals surface area contributed by atoms with Gasteiger partial charge in [-0.25, -0.2) is 36.3 Å². The van der Waals surface area contributed by atoms with Crippen molar-refractivity contribution in [3.8, 4) is 0 Å². The number of aromatic nitrogens is 2. The quantitative estimate of drug-likeness (QED) is 0.0980. The van der Waals surface area contributed by atoms with Crippen LogP contribution in [0.25, 0.3) is 21.8 Å². The zero-order chi connectivity index (χ0) is 35.1. The Bertz CT molecular complexity index is 1470. The molecular formula is C30H32Cl2F6N4O6. The molecule has 0 radical (unpaired) electrons. The van der Waals surface area contributed by atoms with Crippen LogP contribution >= 0.6 is 23.2 Å². The Morgan fingerprint density at radius 3 is 0.917 bits per heavy atom. The molecule has 2 aromatic carbocycles. The van der Waals surface area contributed by atoms with Crippen molar-refractivity contribution >= 4 is 56.4 Å². The number of hydrogen-bond donors (Lipinski definition) is 2. The highest BCUT2D eigenvalue weighted by atomic mass is 35.5. The van der Waals surface area contributed by atoms with Crippen LogP contribution in [0, 0.1) is 34.9 Å². The summed E-state index contributed by atoms with van der Waals surface area (Å²) in [4.78, 5) is 7.08. The minimum atomic E-state index is -1.41. The number of anilines is 2. The predicted molar refractivity (Wildman–Crippen MR) is 167 cm³/mol. The Labute approximate surface area is 281 Å². The lowest BCUT2D eigenvalue weighted by Gasteiger charge is -2.09. The van der Waals surface area contributed by atoms with Crippen LogP contribution in [0.5, 0.6) is 0 Å². The molecular weight excluding hydrogens is 697 g/mol. The van der Waals surface area contributed by atoms with E-state index in [0.717, 1.165) is 12.1 Å². The number of nitrogens with two attached hydrogens (primary N) is 2. The van der Waals surface area contributed by atoms with Crippen molar-refractivity contribution < 1.29 is 54.8 Å². The summed E-state index contributed by atoms with van der Waals surface area (Å²) in [6.07, 6.45) is 0. The van der Waals surface area contributed by atoms with E-state index in [4.69, 9.17) is 63.1 Å². The fourth-order valence-corrected chi connectivity index (χ4v) is 4.09. The standard InChI is InChI=1S/C12H24O6.2C9H4ClF3N2/c1-2-14-5-6-16-9-10-18-12-11-17-8-7-15-4-3-13-1;2*10-4-2-1-3-5(11)6(12)8(14)7(13)9(3)15-4/h1-12H2;2*1-2H,14H2. The third-order valence-electron chi connectivity index (χ3n) is 6.17. The van der Waals surface area contributed by atoms with Gasteiger partial charge in [-0.15, -0.1) is 0 Å². The lowest BCUT2D eigenvalue weighted by Crippen LogP contribution is -2.16. The maximum absolute atomic E-state index is 13.4. The minimum absolute atomic E-state index is 0.0215. The lowest BCUT2D eigenvalue weighted by atomic mass is 10.1. The zero-order valence-electron chi connectivity index (χ0n) is 25.3. The summed E-state index contributed by atoms with van der Waals surface area (Å²) < 4.78 is 111. The van der Waals surface area contributed by atoms with Crippen LogP contribution in [0.2, 0.25) is 10.3 Å². The summed E-state index contributed by atoms with van der Waals surface area (Å²) in [6.45, 7) is 7.04. The molecule has 18 heteroatoms. The molecule has 0 bridgehead atoms. The highest BCUT2D eigenvalue weighted by Gasteiger charge is 2.20. The number of ether oxygens (including phenoxy) is 6. The second-order valence-electron chi connectivity index (χ2n) is 9.45. The fourth-order valence-electron chi connectivity index (χ4n) is 3.80. The second-order valence-corrected chi connectivity index (χ2v) is 10.2. The maximum Gasteiger partial charge on any atom is 0.185 e. The third kappa shape index (κ3) is 11.4. The number of hydrogen-bond acceptors (Lipinski definition) is 10. The molecule has 0 amide bonds. The van der Waals surface area contributed by atoms with Gasteiger partial charge in [0.1, 0.15) is 32.7 Å². The molecule has 1 saturated heterocycles. The summed E-state index contributed by atoms with van der Waals surface area (Å²) in [6, 6.07) is 4.77. The van der Waals surface area contributed by atoms with Crippen LogP contribution in [0.3, 0.4) is 0 Å². The van der Waals surface area contributed by atoms with Gasteiger partial charge >= 0.3 is 0 Å². The van der Waals surface area contributed by atoms with E-state index in [2.05, 4.69) is 9.97 Å². The Balaban J connectivity index is 0.000000196. The van der Waals surface area contributed by atoms with E-state index in [1.807, 2.05) is 0 Å². The molecule has 1 aliphatic heterocycles. The van der Waals surface area contributed by atoms with Gasteiger partial charge in [-0.05, 0) is 24.3 Å². The molecule has 0 unspecified atom stereocenters. The average Bonchev–Trinajstić information content (AvgIpc) is 3.08. The highest BCUT2D eigenvalue weighted by Crippen LogP contribution is 2.30. The number of fused-ring (bicyclic) bond motifs is 2. The number of pyridine rings is 2. The topological polar surface area (TPSA) is 133 Å². The second kappa shape index (κ2) is 20.3. The van der Waals surface area contributed by atoms with Gasteiger partial charge in [-0.1, -0.05) is 23.2 Å². The summed E-state index contributed by atoms with van der Waals surface area (Å²) in [5.41, 5.74) is 7.51. The Hall–Kier alpha value is -3.22. The first kappa shape index (κ1) is 39.2. The zero-order valence-corrected chi connectivity index (χ0v) is 26.8. The number of nitrogen functional groups attached to an aromatic ring is 2. The molecule has 4 aromatic rings. The Kier molecular flexibility index (Phi) is 16.6. The molecule has 4 N–H and O–H groups in total. The molecule has 5 rings (SSSR count). The minimum Gasteiger partial charge on any atom is -0.394 e. The summed E-state index contributed by atoms with van der Waals surface area (Å²) in [7, 11) is 0. The molecule has 0 spiro atoms. The van der Waals surface area contributed by atoms with Gasteiger partial charge in [0.25, 0.3) is 0 Å². The molecule has 264 valence electrons. The molecule has 48 heavy (non-hydrogen) atoms. The SMILES string of the molecule is C1COCCOCCOCCOCCOCCO1.Nc1c(F)c(F)c2ccc(Cl)nc2c1F.Nc1c(F)c(F)c2ccc(Cl)nc2c1F. The summed E-state index contributed by atoms with van der Waals surface area (Å²) in [5, 5.41) is -0.620. The van der Waals surface area contributed by atoms with Crippen molar-refractivity contribution in [1.29, 1.82) is 0 Å². The predicted octanol–water partition coefficient (Wildman–Crippen LogP) is 5.88. The van der Waals surface area contributed by atoms with E-state index >= 15 is 0 Å². The molecule has 0 saturated carbocycles. The van der Waals surface area contributed by atoms with Crippen LogP contribution in [0.1, 0.15) is 0 Å². The monoisotopic (exact) mass is 728 g/mol. The van der Waals surface area contributed by atoms with E-state index < -0.39 is 46.3 Å². The van der Waals surface area contributed by atoms with Crippen molar-refractivity contribution in [3.63, 3.8) is 0 Å². The first-order valence-corrected chi connectivity index (χ1v) is 15.0. The Morgan fingerprint density at radius 1 is 0.417 bits per heavy atom. The molecule has 1 aliphatic rings. The molecule has 10 nitrogen and oxygen atoms in total. The molecule has 2 aromatic heterocycles. The van der Waals surface area contributed by atoms with E-state index in [0.29, 0.717) is 79.3 Å². The van der Waals surface area contributed by atoms with Crippen molar-refractivity contribution in [2.45, 2.75) is 0 Å². The fraction of sp³-hybridized carbons (Fsp3) is 0.400. The van der Waals surface area contributed by atoms with Crippen LogP contribution in [0.15, 0.2) is 24.3 Å². The van der Waals surface area contributed by atoms with Gasteiger partial charge in [-0.2, -0.15) is 0 Å². The van der Waals surface area contributed by atoms with Gasteiger partial charge < -0.3 is 39.9 Å². The normalized spacial score (nSPS) is 15.8.